The summed E-state index contributed by atoms with van der Waals surface area (Å²) in [7, 11) is 0. The molecule has 112 valence electrons. The number of hydrazine groups is 1. The standard InChI is InChI=1S/C15H23BrFN3/c1-3-15(2,20-9-4-5-10-20)14(19-18)11-7-6-8-12(16)13(11)17/h6-8,14,19H,3-5,9-10,18H2,1-2H3. The molecule has 3 N–H and O–H groups in total. The minimum Gasteiger partial charge on any atom is -0.296 e. The van der Waals surface area contributed by atoms with Crippen molar-refractivity contribution in [3.05, 3.63) is 34.1 Å². The summed E-state index contributed by atoms with van der Waals surface area (Å²) in [4.78, 5) is 2.43. The number of nitrogens with two attached hydrogens (primary N) is 1. The zero-order chi connectivity index (χ0) is 14.8. The average Bonchev–Trinajstić information content (AvgIpc) is 2.98. The number of nitrogens with one attached hydrogen (secondary N) is 1. The van der Waals surface area contributed by atoms with Crippen molar-refractivity contribution in [1.82, 2.24) is 10.3 Å². The molecule has 2 atom stereocenters. The molecule has 0 saturated carbocycles. The fraction of sp³-hybridized carbons (Fsp3) is 0.600. The molecule has 1 aromatic rings. The number of hydrogen-bond donors (Lipinski definition) is 2. The third-order valence-electron chi connectivity index (χ3n) is 4.63. The summed E-state index contributed by atoms with van der Waals surface area (Å²) in [5.74, 6) is 5.57. The lowest BCUT2D eigenvalue weighted by Crippen LogP contribution is -2.55. The molecule has 3 nitrogen and oxygen atoms in total. The van der Waals surface area contributed by atoms with Gasteiger partial charge >= 0.3 is 0 Å². The third kappa shape index (κ3) is 2.77. The molecule has 1 fully saturated rings. The highest BCUT2D eigenvalue weighted by Crippen LogP contribution is 2.38. The van der Waals surface area contributed by atoms with E-state index in [0.717, 1.165) is 19.5 Å². The summed E-state index contributed by atoms with van der Waals surface area (Å²) < 4.78 is 14.9. The van der Waals surface area contributed by atoms with Crippen molar-refractivity contribution in [3.8, 4) is 0 Å². The van der Waals surface area contributed by atoms with Crippen molar-refractivity contribution in [2.45, 2.75) is 44.7 Å². The quantitative estimate of drug-likeness (QED) is 0.636. The highest BCUT2D eigenvalue weighted by Gasteiger charge is 2.41. The van der Waals surface area contributed by atoms with Gasteiger partial charge in [0, 0.05) is 11.1 Å². The SMILES string of the molecule is CCC(C)(C(NN)c1cccc(Br)c1F)N1CCCC1. The number of benzene rings is 1. The van der Waals surface area contributed by atoms with Crippen molar-refractivity contribution in [2.24, 2.45) is 5.84 Å². The highest BCUT2D eigenvalue weighted by molar-refractivity contribution is 9.10. The first kappa shape index (κ1) is 15.9. The van der Waals surface area contributed by atoms with Gasteiger partial charge in [0.2, 0.25) is 0 Å². The monoisotopic (exact) mass is 343 g/mol. The van der Waals surface area contributed by atoms with E-state index in [1.807, 2.05) is 12.1 Å². The Kier molecular flexibility index (Phi) is 5.18. The van der Waals surface area contributed by atoms with Crippen molar-refractivity contribution in [2.75, 3.05) is 13.1 Å². The van der Waals surface area contributed by atoms with Crippen LogP contribution in [-0.4, -0.2) is 23.5 Å². The Labute approximate surface area is 128 Å². The van der Waals surface area contributed by atoms with Gasteiger partial charge in [-0.05, 0) is 61.3 Å². The van der Waals surface area contributed by atoms with Crippen LogP contribution >= 0.6 is 15.9 Å². The van der Waals surface area contributed by atoms with Gasteiger partial charge in [-0.15, -0.1) is 0 Å². The molecule has 0 radical (unpaired) electrons. The van der Waals surface area contributed by atoms with Gasteiger partial charge in [-0.25, -0.2) is 4.39 Å². The van der Waals surface area contributed by atoms with Crippen LogP contribution in [0.3, 0.4) is 0 Å². The summed E-state index contributed by atoms with van der Waals surface area (Å²) in [6, 6.07) is 5.15. The molecule has 2 rings (SSSR count). The smallest absolute Gasteiger partial charge is 0.142 e. The predicted molar refractivity (Wildman–Crippen MR) is 83.7 cm³/mol. The average molecular weight is 344 g/mol. The van der Waals surface area contributed by atoms with Crippen molar-refractivity contribution in [3.63, 3.8) is 0 Å². The van der Waals surface area contributed by atoms with Crippen LogP contribution in [0.15, 0.2) is 22.7 Å². The zero-order valence-electron chi connectivity index (χ0n) is 12.1. The van der Waals surface area contributed by atoms with Crippen molar-refractivity contribution >= 4 is 15.9 Å². The van der Waals surface area contributed by atoms with Crippen LogP contribution in [0, 0.1) is 5.82 Å². The van der Waals surface area contributed by atoms with Crippen LogP contribution in [0.4, 0.5) is 4.39 Å². The third-order valence-corrected chi connectivity index (χ3v) is 5.24. The Morgan fingerprint density at radius 3 is 2.65 bits per heavy atom. The van der Waals surface area contributed by atoms with Gasteiger partial charge in [-0.1, -0.05) is 19.1 Å². The fourth-order valence-corrected chi connectivity index (χ4v) is 3.57. The van der Waals surface area contributed by atoms with E-state index in [0.29, 0.717) is 10.0 Å². The van der Waals surface area contributed by atoms with Crippen molar-refractivity contribution in [1.29, 1.82) is 0 Å². The maximum absolute atomic E-state index is 14.4. The molecule has 1 aromatic carbocycles. The number of halogens is 2. The summed E-state index contributed by atoms with van der Waals surface area (Å²) in [6.45, 7) is 6.41. The first-order valence-electron chi connectivity index (χ1n) is 7.19. The summed E-state index contributed by atoms with van der Waals surface area (Å²) >= 11 is 3.26. The van der Waals surface area contributed by atoms with E-state index in [1.165, 1.54) is 12.8 Å². The minimum atomic E-state index is -0.233. The fourth-order valence-electron chi connectivity index (χ4n) is 3.19. The second kappa shape index (κ2) is 6.52. The summed E-state index contributed by atoms with van der Waals surface area (Å²) in [5, 5.41) is 0. The lowest BCUT2D eigenvalue weighted by molar-refractivity contribution is 0.0824. The molecular formula is C15H23BrFN3. The predicted octanol–water partition coefficient (Wildman–Crippen LogP) is 3.36. The second-order valence-corrected chi connectivity index (χ2v) is 6.50. The normalized spacial score (nSPS) is 20.9. The first-order valence-corrected chi connectivity index (χ1v) is 7.99. The summed E-state index contributed by atoms with van der Waals surface area (Å²) in [6.07, 6.45) is 3.31. The van der Waals surface area contributed by atoms with Crippen LogP contribution < -0.4 is 11.3 Å². The van der Waals surface area contributed by atoms with Crippen LogP contribution in [-0.2, 0) is 0 Å². The van der Waals surface area contributed by atoms with Gasteiger partial charge in [-0.2, -0.15) is 0 Å². The van der Waals surface area contributed by atoms with E-state index in [-0.39, 0.29) is 17.4 Å². The molecule has 0 bridgehead atoms. The van der Waals surface area contributed by atoms with Crippen LogP contribution in [0.1, 0.15) is 44.7 Å². The maximum Gasteiger partial charge on any atom is 0.142 e. The van der Waals surface area contributed by atoms with Crippen LogP contribution in [0.5, 0.6) is 0 Å². The Morgan fingerprint density at radius 2 is 2.10 bits per heavy atom. The maximum atomic E-state index is 14.4. The van der Waals surface area contributed by atoms with Gasteiger partial charge in [0.25, 0.3) is 0 Å². The molecule has 0 aromatic heterocycles. The topological polar surface area (TPSA) is 41.3 Å². The number of likely N-dealkylation sites (tertiary alicyclic amines) is 1. The van der Waals surface area contributed by atoms with E-state index in [2.05, 4.69) is 40.1 Å². The van der Waals surface area contributed by atoms with Gasteiger partial charge in [-0.3, -0.25) is 16.2 Å². The van der Waals surface area contributed by atoms with Gasteiger partial charge < -0.3 is 0 Å². The molecule has 1 aliphatic rings. The van der Waals surface area contributed by atoms with E-state index in [9.17, 15) is 4.39 Å². The number of rotatable bonds is 5. The van der Waals surface area contributed by atoms with E-state index in [4.69, 9.17) is 5.84 Å². The summed E-state index contributed by atoms with van der Waals surface area (Å²) in [5.41, 5.74) is 3.29. The molecule has 5 heteroatoms. The van der Waals surface area contributed by atoms with Gasteiger partial charge in [0.15, 0.2) is 0 Å². The number of hydrogen-bond acceptors (Lipinski definition) is 3. The van der Waals surface area contributed by atoms with E-state index >= 15 is 0 Å². The molecule has 0 spiro atoms. The molecule has 1 saturated heterocycles. The Balaban J connectivity index is 2.40. The Bertz CT molecular complexity index is 462. The Morgan fingerprint density at radius 1 is 1.45 bits per heavy atom. The molecule has 20 heavy (non-hydrogen) atoms. The molecule has 2 unspecified atom stereocenters. The van der Waals surface area contributed by atoms with Gasteiger partial charge in [0.1, 0.15) is 5.82 Å². The first-order chi connectivity index (χ1) is 9.54. The minimum absolute atomic E-state index is 0.188. The zero-order valence-corrected chi connectivity index (χ0v) is 13.7. The number of nitrogens with zero attached hydrogens (tertiary/aromatic N) is 1. The Hall–Kier alpha value is -0.490. The van der Waals surface area contributed by atoms with E-state index in [1.54, 1.807) is 6.07 Å². The van der Waals surface area contributed by atoms with Crippen LogP contribution in [0.25, 0.3) is 0 Å². The highest BCUT2D eigenvalue weighted by atomic mass is 79.9. The van der Waals surface area contributed by atoms with E-state index < -0.39 is 0 Å². The van der Waals surface area contributed by atoms with Crippen molar-refractivity contribution < 1.29 is 4.39 Å². The molecule has 0 aliphatic carbocycles. The largest absolute Gasteiger partial charge is 0.296 e. The molecule has 1 aliphatic heterocycles. The second-order valence-electron chi connectivity index (χ2n) is 5.65. The molecular weight excluding hydrogens is 321 g/mol. The molecule has 1 heterocycles. The lowest BCUT2D eigenvalue weighted by atomic mass is 9.83. The van der Waals surface area contributed by atoms with Gasteiger partial charge in [0.05, 0.1) is 10.5 Å². The lowest BCUT2D eigenvalue weighted by Gasteiger charge is -2.44. The molecule has 0 amide bonds. The van der Waals surface area contributed by atoms with Crippen LogP contribution in [0.2, 0.25) is 0 Å².